The van der Waals surface area contributed by atoms with Gasteiger partial charge in [0.25, 0.3) is 5.91 Å². The van der Waals surface area contributed by atoms with E-state index in [1.54, 1.807) is 4.90 Å². The minimum Gasteiger partial charge on any atom is -0.399 e. The quantitative estimate of drug-likeness (QED) is 0.534. The highest BCUT2D eigenvalue weighted by atomic mass is 16.6. The van der Waals surface area contributed by atoms with E-state index in [-0.39, 0.29) is 17.9 Å². The maximum Gasteiger partial charge on any atom is 0.254 e. The Morgan fingerprint density at radius 2 is 1.88 bits per heavy atom. The summed E-state index contributed by atoms with van der Waals surface area (Å²) in [5.74, 6) is 1.31. The third-order valence-electron chi connectivity index (χ3n) is 6.61. The van der Waals surface area contributed by atoms with Crippen LogP contribution in [0.15, 0.2) is 64.3 Å². The Morgan fingerprint density at radius 1 is 1.12 bits per heavy atom. The average molecular weight is 460 g/mol. The van der Waals surface area contributed by atoms with Crippen molar-refractivity contribution in [2.75, 3.05) is 33.8 Å². The predicted octanol–water partition coefficient (Wildman–Crippen LogP) is 4.14. The Hall–Kier alpha value is -3.52. The molecule has 0 aliphatic carbocycles. The van der Waals surface area contributed by atoms with Gasteiger partial charge in [0, 0.05) is 18.5 Å². The number of hydrogen-bond acceptors (Lipinski definition) is 7. The fourth-order valence-electron chi connectivity index (χ4n) is 4.86. The second kappa shape index (κ2) is 9.77. The third kappa shape index (κ3) is 4.59. The summed E-state index contributed by atoms with van der Waals surface area (Å²) >= 11 is 0. The van der Waals surface area contributed by atoms with E-state index in [1.165, 1.54) is 7.11 Å². The molecule has 176 valence electrons. The van der Waals surface area contributed by atoms with Gasteiger partial charge in [-0.2, -0.15) is 4.98 Å². The fraction of sp³-hybridized carbons (Fsp3) is 0.385. The first kappa shape index (κ1) is 22.3. The zero-order chi connectivity index (χ0) is 23.5. The molecule has 2 atom stereocenters. The first-order valence-electron chi connectivity index (χ1n) is 11.7. The lowest BCUT2D eigenvalue weighted by Crippen LogP contribution is -2.32. The molecule has 8 heteroatoms. The number of likely N-dealkylation sites (N-methyl/N-ethyl adjacent to an activating group) is 1. The Bertz CT molecular complexity index is 1160. The molecule has 0 saturated carbocycles. The molecule has 5 rings (SSSR count). The lowest BCUT2D eigenvalue weighted by Gasteiger charge is -2.27. The molecule has 1 amide bonds. The summed E-state index contributed by atoms with van der Waals surface area (Å²) in [6, 6.07) is 17.5. The van der Waals surface area contributed by atoms with Crippen molar-refractivity contribution in [3.05, 3.63) is 71.9 Å². The number of oxime groups is 1. The van der Waals surface area contributed by atoms with Gasteiger partial charge in [-0.3, -0.25) is 4.79 Å². The lowest BCUT2D eigenvalue weighted by molar-refractivity contribution is 0.0732. The molecule has 0 radical (unpaired) electrons. The number of amides is 1. The SMILES string of the molecule is CON=C1C[C@@H](c2noc(C3CCCN(C)C3)n2)N(C(=O)c2ccc(-c3ccccc3)cc2)C1. The van der Waals surface area contributed by atoms with Gasteiger partial charge in [-0.25, -0.2) is 0 Å². The van der Waals surface area contributed by atoms with Gasteiger partial charge in [0.15, 0.2) is 5.82 Å². The molecule has 8 nitrogen and oxygen atoms in total. The van der Waals surface area contributed by atoms with Crippen molar-refractivity contribution in [3.8, 4) is 11.1 Å². The zero-order valence-corrected chi connectivity index (χ0v) is 19.6. The normalized spacial score (nSPS) is 22.3. The monoisotopic (exact) mass is 459 g/mol. The summed E-state index contributed by atoms with van der Waals surface area (Å²) < 4.78 is 5.66. The van der Waals surface area contributed by atoms with Gasteiger partial charge in [0.05, 0.1) is 18.2 Å². The van der Waals surface area contributed by atoms with Crippen molar-refractivity contribution in [3.63, 3.8) is 0 Å². The highest BCUT2D eigenvalue weighted by molar-refractivity contribution is 6.00. The largest absolute Gasteiger partial charge is 0.399 e. The second-order valence-electron chi connectivity index (χ2n) is 9.03. The molecule has 3 heterocycles. The van der Waals surface area contributed by atoms with E-state index in [1.807, 2.05) is 42.5 Å². The van der Waals surface area contributed by atoms with E-state index in [0.717, 1.165) is 42.8 Å². The van der Waals surface area contributed by atoms with E-state index in [0.29, 0.717) is 30.2 Å². The maximum absolute atomic E-state index is 13.5. The van der Waals surface area contributed by atoms with Crippen molar-refractivity contribution in [2.24, 2.45) is 5.16 Å². The Kier molecular flexibility index (Phi) is 6.40. The minimum absolute atomic E-state index is 0.0883. The minimum atomic E-state index is -0.339. The number of benzene rings is 2. The molecule has 1 aromatic heterocycles. The van der Waals surface area contributed by atoms with E-state index < -0.39 is 0 Å². The van der Waals surface area contributed by atoms with Crippen molar-refractivity contribution in [2.45, 2.75) is 31.2 Å². The molecular formula is C26H29N5O3. The molecule has 2 aromatic carbocycles. The van der Waals surface area contributed by atoms with E-state index in [2.05, 4.69) is 34.4 Å². The summed E-state index contributed by atoms with van der Waals surface area (Å²) in [6.45, 7) is 2.36. The number of likely N-dealkylation sites (tertiary alicyclic amines) is 2. The number of carbonyl (C=O) groups is 1. The molecule has 2 aliphatic rings. The molecule has 3 aromatic rings. The number of aromatic nitrogens is 2. The number of carbonyl (C=O) groups excluding carboxylic acids is 1. The second-order valence-corrected chi connectivity index (χ2v) is 9.03. The Labute approximate surface area is 199 Å². The standard InChI is InChI=1S/C26H29N5O3/c1-30-14-6-9-21(16-30)25-27-24(29-34-25)23-15-22(28-33-2)17-31(23)26(32)20-12-10-19(11-13-20)18-7-4-3-5-8-18/h3-5,7-8,10-13,21,23H,6,9,14-17H2,1-2H3/t21?,23-/m0/s1. The maximum atomic E-state index is 13.5. The van der Waals surface area contributed by atoms with Gasteiger partial charge in [-0.05, 0) is 49.7 Å². The van der Waals surface area contributed by atoms with Crippen LogP contribution in [0, 0.1) is 0 Å². The summed E-state index contributed by atoms with van der Waals surface area (Å²) in [6.07, 6.45) is 2.66. The lowest BCUT2D eigenvalue weighted by atomic mass is 9.98. The average Bonchev–Trinajstić information content (AvgIpc) is 3.52. The smallest absolute Gasteiger partial charge is 0.254 e. The van der Waals surface area contributed by atoms with E-state index in [4.69, 9.17) is 14.3 Å². The Balaban J connectivity index is 1.38. The van der Waals surface area contributed by atoms with Crippen molar-refractivity contribution >= 4 is 11.6 Å². The molecular weight excluding hydrogens is 430 g/mol. The van der Waals surface area contributed by atoms with Gasteiger partial charge in [0.2, 0.25) is 5.89 Å². The van der Waals surface area contributed by atoms with Crippen LogP contribution in [0.1, 0.15) is 53.3 Å². The van der Waals surface area contributed by atoms with Crippen molar-refractivity contribution in [1.82, 2.24) is 19.9 Å². The topological polar surface area (TPSA) is 84.1 Å². The van der Waals surface area contributed by atoms with Crippen LogP contribution in [0.2, 0.25) is 0 Å². The number of piperidine rings is 1. The van der Waals surface area contributed by atoms with Gasteiger partial charge >= 0.3 is 0 Å². The number of rotatable bonds is 5. The molecule has 0 N–H and O–H groups in total. The molecule has 2 fully saturated rings. The van der Waals surface area contributed by atoms with Crippen LogP contribution >= 0.6 is 0 Å². The van der Waals surface area contributed by atoms with Gasteiger partial charge in [0.1, 0.15) is 13.2 Å². The van der Waals surface area contributed by atoms with Crippen LogP contribution in [0.5, 0.6) is 0 Å². The highest BCUT2D eigenvalue weighted by Crippen LogP contribution is 2.33. The van der Waals surface area contributed by atoms with Crippen LogP contribution < -0.4 is 0 Å². The third-order valence-corrected chi connectivity index (χ3v) is 6.61. The fourth-order valence-corrected chi connectivity index (χ4v) is 4.86. The summed E-state index contributed by atoms with van der Waals surface area (Å²) in [5.41, 5.74) is 3.58. The van der Waals surface area contributed by atoms with Crippen molar-refractivity contribution < 1.29 is 14.2 Å². The molecule has 1 unspecified atom stereocenters. The molecule has 2 aliphatic heterocycles. The molecule has 2 saturated heterocycles. The van der Waals surface area contributed by atoms with E-state index >= 15 is 0 Å². The van der Waals surface area contributed by atoms with Crippen LogP contribution in [0.3, 0.4) is 0 Å². The van der Waals surface area contributed by atoms with Gasteiger partial charge < -0.3 is 19.2 Å². The van der Waals surface area contributed by atoms with Crippen molar-refractivity contribution in [1.29, 1.82) is 0 Å². The number of hydrogen-bond donors (Lipinski definition) is 0. The van der Waals surface area contributed by atoms with Gasteiger partial charge in [-0.15, -0.1) is 0 Å². The zero-order valence-electron chi connectivity index (χ0n) is 19.6. The highest BCUT2D eigenvalue weighted by Gasteiger charge is 2.38. The molecule has 34 heavy (non-hydrogen) atoms. The predicted molar refractivity (Wildman–Crippen MR) is 128 cm³/mol. The van der Waals surface area contributed by atoms with Gasteiger partial charge in [-0.1, -0.05) is 52.8 Å². The summed E-state index contributed by atoms with van der Waals surface area (Å²) in [5, 5.41) is 8.39. The summed E-state index contributed by atoms with van der Waals surface area (Å²) in [7, 11) is 3.62. The molecule has 0 bridgehead atoms. The van der Waals surface area contributed by atoms with Crippen LogP contribution in [0.4, 0.5) is 0 Å². The summed E-state index contributed by atoms with van der Waals surface area (Å²) in [4.78, 5) is 27.3. The first-order chi connectivity index (χ1) is 16.6. The van der Waals surface area contributed by atoms with Crippen LogP contribution in [0.25, 0.3) is 11.1 Å². The first-order valence-corrected chi connectivity index (χ1v) is 11.7. The van der Waals surface area contributed by atoms with E-state index in [9.17, 15) is 4.79 Å². The molecule has 0 spiro atoms. The van der Waals surface area contributed by atoms with Crippen LogP contribution in [-0.4, -0.2) is 65.4 Å². The Morgan fingerprint density at radius 3 is 2.62 bits per heavy atom. The number of nitrogens with zero attached hydrogens (tertiary/aromatic N) is 5. The van der Waals surface area contributed by atoms with Crippen LogP contribution in [-0.2, 0) is 4.84 Å².